The second-order valence-electron chi connectivity index (χ2n) is 4.23. The first-order valence-corrected chi connectivity index (χ1v) is 6.78. The molecule has 0 aliphatic rings. The molecular weight excluding hydrogens is 313 g/mol. The van der Waals surface area contributed by atoms with Gasteiger partial charge in [-0.3, -0.25) is 4.98 Å². The van der Waals surface area contributed by atoms with E-state index in [4.69, 9.17) is 28.9 Å². The minimum atomic E-state index is -0.435. The molecule has 3 N–H and O–H groups in total. The van der Waals surface area contributed by atoms with Crippen molar-refractivity contribution in [2.24, 2.45) is 0 Å². The van der Waals surface area contributed by atoms with Crippen LogP contribution in [0.15, 0.2) is 30.5 Å². The van der Waals surface area contributed by atoms with Gasteiger partial charge in [0.25, 0.3) is 0 Å². The van der Waals surface area contributed by atoms with Gasteiger partial charge < -0.3 is 15.8 Å². The van der Waals surface area contributed by atoms with Gasteiger partial charge in [0.15, 0.2) is 0 Å². The fraction of sp³-hybridized carbons (Fsp3) is 0.143. The molecule has 0 saturated carbocycles. The highest BCUT2D eigenvalue weighted by atomic mass is 35.5. The van der Waals surface area contributed by atoms with Crippen LogP contribution in [0.1, 0.15) is 16.1 Å². The van der Waals surface area contributed by atoms with Crippen LogP contribution in [0.5, 0.6) is 0 Å². The minimum absolute atomic E-state index is 0.387. The molecular formula is C14H13Cl2N3O2. The summed E-state index contributed by atoms with van der Waals surface area (Å²) in [7, 11) is 1.32. The van der Waals surface area contributed by atoms with E-state index in [1.165, 1.54) is 13.3 Å². The van der Waals surface area contributed by atoms with E-state index in [9.17, 15) is 4.79 Å². The Balaban J connectivity index is 2.11. The Morgan fingerprint density at radius 1 is 1.38 bits per heavy atom. The number of methoxy groups -OCH3 is 1. The fourth-order valence-corrected chi connectivity index (χ4v) is 2.17. The quantitative estimate of drug-likeness (QED) is 0.665. The molecule has 0 aliphatic carbocycles. The van der Waals surface area contributed by atoms with Crippen LogP contribution < -0.4 is 11.1 Å². The number of nitrogens with two attached hydrogens (primary N) is 1. The predicted molar refractivity (Wildman–Crippen MR) is 83.8 cm³/mol. The Bertz CT molecular complexity index is 677. The Hall–Kier alpha value is -1.98. The number of esters is 1. The molecule has 2 rings (SSSR count). The topological polar surface area (TPSA) is 77.2 Å². The number of nitrogen functional groups attached to an aromatic ring is 1. The van der Waals surface area contributed by atoms with E-state index in [-0.39, 0.29) is 0 Å². The largest absolute Gasteiger partial charge is 0.465 e. The lowest BCUT2D eigenvalue weighted by Gasteiger charge is -2.11. The van der Waals surface area contributed by atoms with Gasteiger partial charge in [0, 0.05) is 6.20 Å². The van der Waals surface area contributed by atoms with E-state index in [1.54, 1.807) is 24.3 Å². The number of carbonyl (C=O) groups is 1. The van der Waals surface area contributed by atoms with Gasteiger partial charge in [0.2, 0.25) is 0 Å². The van der Waals surface area contributed by atoms with Crippen LogP contribution in [0.25, 0.3) is 0 Å². The molecule has 7 heteroatoms. The zero-order valence-electron chi connectivity index (χ0n) is 11.2. The summed E-state index contributed by atoms with van der Waals surface area (Å²) < 4.78 is 4.63. The molecule has 0 bridgehead atoms. The molecule has 0 unspecified atom stereocenters. The third kappa shape index (κ3) is 3.77. The van der Waals surface area contributed by atoms with E-state index >= 15 is 0 Å². The highest BCUT2D eigenvalue weighted by Crippen LogP contribution is 2.23. The number of hydrogen-bond donors (Lipinski definition) is 2. The van der Waals surface area contributed by atoms with Crippen molar-refractivity contribution in [3.05, 3.63) is 51.8 Å². The minimum Gasteiger partial charge on any atom is -0.465 e. The lowest BCUT2D eigenvalue weighted by molar-refractivity contribution is 0.0601. The first kappa shape index (κ1) is 15.4. The molecule has 21 heavy (non-hydrogen) atoms. The van der Waals surface area contributed by atoms with Gasteiger partial charge >= 0.3 is 5.97 Å². The summed E-state index contributed by atoms with van der Waals surface area (Å²) in [4.78, 5) is 15.5. The number of carbonyl (C=O) groups excluding carboxylic acids is 1. The predicted octanol–water partition coefficient (Wildman–Crippen LogP) is 3.37. The molecule has 2 aromatic rings. The molecule has 0 fully saturated rings. The van der Waals surface area contributed by atoms with Gasteiger partial charge in [0.1, 0.15) is 0 Å². The lowest BCUT2D eigenvalue weighted by atomic mass is 10.1. The van der Waals surface area contributed by atoms with Gasteiger partial charge in [-0.2, -0.15) is 0 Å². The average molecular weight is 326 g/mol. The summed E-state index contributed by atoms with van der Waals surface area (Å²) in [6.45, 7) is 0.387. The Morgan fingerprint density at radius 3 is 2.76 bits per heavy atom. The molecule has 0 atom stereocenters. The van der Waals surface area contributed by atoms with Gasteiger partial charge in [-0.25, -0.2) is 4.79 Å². The molecule has 0 saturated heterocycles. The van der Waals surface area contributed by atoms with Crippen molar-refractivity contribution < 1.29 is 9.53 Å². The Labute approximate surface area is 132 Å². The lowest BCUT2D eigenvalue weighted by Crippen LogP contribution is -2.07. The van der Waals surface area contributed by atoms with Crippen LogP contribution in [0.3, 0.4) is 0 Å². The maximum atomic E-state index is 11.4. The molecule has 1 aromatic heterocycles. The second kappa shape index (κ2) is 6.65. The number of hydrogen-bond acceptors (Lipinski definition) is 5. The molecule has 1 heterocycles. The zero-order chi connectivity index (χ0) is 15.4. The number of benzene rings is 1. The third-order valence-corrected chi connectivity index (χ3v) is 3.34. The van der Waals surface area contributed by atoms with Gasteiger partial charge in [-0.15, -0.1) is 0 Å². The average Bonchev–Trinajstić information content (AvgIpc) is 2.46. The summed E-state index contributed by atoms with van der Waals surface area (Å²) in [5, 5.41) is 4.06. The Morgan fingerprint density at radius 2 is 2.14 bits per heavy atom. The number of ether oxygens (including phenoxy) is 1. The van der Waals surface area contributed by atoms with E-state index < -0.39 is 5.97 Å². The van der Waals surface area contributed by atoms with E-state index in [0.29, 0.717) is 39.2 Å². The number of anilines is 2. The molecule has 5 nitrogen and oxygen atoms in total. The molecule has 110 valence electrons. The van der Waals surface area contributed by atoms with E-state index in [2.05, 4.69) is 15.0 Å². The van der Waals surface area contributed by atoms with Crippen LogP contribution in [0, 0.1) is 0 Å². The van der Waals surface area contributed by atoms with Gasteiger partial charge in [0.05, 0.1) is 46.3 Å². The molecule has 0 amide bonds. The summed E-state index contributed by atoms with van der Waals surface area (Å²) in [5.41, 5.74) is 8.05. The van der Waals surface area contributed by atoms with Crippen LogP contribution in [-0.4, -0.2) is 18.1 Å². The van der Waals surface area contributed by atoms with Crippen molar-refractivity contribution in [3.63, 3.8) is 0 Å². The normalized spacial score (nSPS) is 10.2. The van der Waals surface area contributed by atoms with Crippen molar-refractivity contribution in [1.29, 1.82) is 0 Å². The smallest absolute Gasteiger partial charge is 0.337 e. The summed E-state index contributed by atoms with van der Waals surface area (Å²) in [6, 6.07) is 6.49. The van der Waals surface area contributed by atoms with Crippen molar-refractivity contribution >= 4 is 40.5 Å². The summed E-state index contributed by atoms with van der Waals surface area (Å²) >= 11 is 11.8. The number of halogens is 2. The van der Waals surface area contributed by atoms with Crippen molar-refractivity contribution in [2.75, 3.05) is 18.2 Å². The zero-order valence-corrected chi connectivity index (χ0v) is 12.7. The van der Waals surface area contributed by atoms with Gasteiger partial charge in [-0.1, -0.05) is 23.2 Å². The van der Waals surface area contributed by atoms with Gasteiger partial charge in [-0.05, 0) is 24.3 Å². The number of nitrogens with one attached hydrogen (secondary N) is 1. The maximum absolute atomic E-state index is 11.4. The molecule has 0 aliphatic heterocycles. The van der Waals surface area contributed by atoms with Crippen LogP contribution >= 0.6 is 23.2 Å². The highest BCUT2D eigenvalue weighted by molar-refractivity contribution is 6.34. The van der Waals surface area contributed by atoms with E-state index in [1.807, 2.05) is 0 Å². The number of nitrogens with zero attached hydrogens (tertiary/aromatic N) is 1. The first-order chi connectivity index (χ1) is 10.0. The van der Waals surface area contributed by atoms with E-state index in [0.717, 1.165) is 0 Å². The second-order valence-corrected chi connectivity index (χ2v) is 5.07. The van der Waals surface area contributed by atoms with Crippen LogP contribution in [0.4, 0.5) is 11.4 Å². The van der Waals surface area contributed by atoms with Crippen LogP contribution in [0.2, 0.25) is 10.0 Å². The molecule has 1 aromatic carbocycles. The maximum Gasteiger partial charge on any atom is 0.337 e. The Kier molecular flexibility index (Phi) is 4.88. The monoisotopic (exact) mass is 325 g/mol. The standard InChI is InChI=1S/C14H13Cl2N3O2/c1-21-14(20)8-2-3-12(11(17)4-8)19-7-13-10(16)5-9(15)6-18-13/h2-6,19H,7,17H2,1H3. The fourth-order valence-electron chi connectivity index (χ4n) is 1.72. The van der Waals surface area contributed by atoms with Crippen molar-refractivity contribution in [1.82, 2.24) is 4.98 Å². The number of rotatable bonds is 4. The number of pyridine rings is 1. The molecule has 0 radical (unpaired) electrons. The first-order valence-electron chi connectivity index (χ1n) is 6.03. The summed E-state index contributed by atoms with van der Waals surface area (Å²) in [6.07, 6.45) is 1.52. The van der Waals surface area contributed by atoms with Crippen LogP contribution in [-0.2, 0) is 11.3 Å². The summed E-state index contributed by atoms with van der Waals surface area (Å²) in [5.74, 6) is -0.435. The SMILES string of the molecule is COC(=O)c1ccc(NCc2ncc(Cl)cc2Cl)c(N)c1. The number of aromatic nitrogens is 1. The van der Waals surface area contributed by atoms with Crippen molar-refractivity contribution in [2.45, 2.75) is 6.54 Å². The highest BCUT2D eigenvalue weighted by Gasteiger charge is 2.09. The molecule has 0 spiro atoms. The van der Waals surface area contributed by atoms with Crippen molar-refractivity contribution in [3.8, 4) is 0 Å². The third-order valence-electron chi connectivity index (χ3n) is 2.80.